The van der Waals surface area contributed by atoms with Crippen LogP contribution in [0.25, 0.3) is 0 Å². The highest BCUT2D eigenvalue weighted by Crippen LogP contribution is 1.99. The number of ether oxygens (including phenoxy) is 1. The van der Waals surface area contributed by atoms with Crippen molar-refractivity contribution in [3.63, 3.8) is 0 Å². The van der Waals surface area contributed by atoms with E-state index in [1.165, 1.54) is 19.3 Å². The molecule has 15 heavy (non-hydrogen) atoms. The smallest absolute Gasteiger partial charge is 0.145 e. The van der Waals surface area contributed by atoms with Crippen molar-refractivity contribution in [1.82, 2.24) is 0 Å². The lowest BCUT2D eigenvalue weighted by molar-refractivity contribution is -0.111. The molecule has 0 unspecified atom stereocenters. The molecule has 0 bridgehead atoms. The molecule has 0 N–H and O–H groups in total. The van der Waals surface area contributed by atoms with Gasteiger partial charge in [-0.25, -0.2) is 0 Å². The van der Waals surface area contributed by atoms with Crippen molar-refractivity contribution >= 4 is 12.6 Å². The molecule has 0 saturated heterocycles. The molecule has 3 heteroatoms. The Kier molecular flexibility index (Phi) is 21.1. The Morgan fingerprint density at radius 1 is 0.933 bits per heavy atom. The molecule has 90 valence electrons. The zero-order chi connectivity index (χ0) is 11.8. The van der Waals surface area contributed by atoms with E-state index in [9.17, 15) is 9.59 Å². The monoisotopic (exact) mass is 216 g/mol. The summed E-state index contributed by atoms with van der Waals surface area (Å²) < 4.78 is 4.76. The summed E-state index contributed by atoms with van der Waals surface area (Å²) in [6.07, 6.45) is 8.30. The number of aldehydes is 2. The highest BCUT2D eigenvalue weighted by Gasteiger charge is 1.83. The van der Waals surface area contributed by atoms with Gasteiger partial charge in [0.05, 0.1) is 0 Å². The average molecular weight is 216 g/mol. The van der Waals surface area contributed by atoms with Gasteiger partial charge in [0, 0.05) is 13.0 Å². The van der Waals surface area contributed by atoms with E-state index in [-0.39, 0.29) is 6.61 Å². The summed E-state index contributed by atoms with van der Waals surface area (Å²) in [7, 11) is 0. The highest BCUT2D eigenvalue weighted by atomic mass is 16.5. The molecule has 0 radical (unpaired) electrons. The normalized spacial score (nSPS) is 8.93. The molecule has 0 heterocycles. The van der Waals surface area contributed by atoms with Gasteiger partial charge >= 0.3 is 0 Å². The van der Waals surface area contributed by atoms with Gasteiger partial charge in [0.1, 0.15) is 19.2 Å². The van der Waals surface area contributed by atoms with E-state index < -0.39 is 0 Å². The van der Waals surface area contributed by atoms with Crippen LogP contribution in [0.2, 0.25) is 0 Å². The number of rotatable bonds is 9. The first-order chi connectivity index (χ1) is 7.33. The van der Waals surface area contributed by atoms with Gasteiger partial charge in [0.25, 0.3) is 0 Å². The minimum atomic E-state index is 0.244. The summed E-state index contributed by atoms with van der Waals surface area (Å²) in [5.74, 6) is 0. The SMILES string of the molecule is CCCCCCC=O.CCCOCC=O. The molecular formula is C12H24O3. The molecule has 0 aromatic carbocycles. The van der Waals surface area contributed by atoms with E-state index >= 15 is 0 Å². The molecule has 0 atom stereocenters. The summed E-state index contributed by atoms with van der Waals surface area (Å²) in [5, 5.41) is 0. The summed E-state index contributed by atoms with van der Waals surface area (Å²) in [6.45, 7) is 5.11. The van der Waals surface area contributed by atoms with E-state index in [0.29, 0.717) is 6.61 Å². The van der Waals surface area contributed by atoms with E-state index in [0.717, 1.165) is 31.8 Å². The summed E-state index contributed by atoms with van der Waals surface area (Å²) in [4.78, 5) is 19.3. The lowest BCUT2D eigenvalue weighted by Gasteiger charge is -1.90. The zero-order valence-electron chi connectivity index (χ0n) is 10.0. The average Bonchev–Trinajstić information content (AvgIpc) is 2.26. The van der Waals surface area contributed by atoms with E-state index in [1.54, 1.807) is 0 Å². The van der Waals surface area contributed by atoms with Gasteiger partial charge in [-0.3, -0.25) is 0 Å². The van der Waals surface area contributed by atoms with Crippen molar-refractivity contribution in [1.29, 1.82) is 0 Å². The first-order valence-corrected chi connectivity index (χ1v) is 5.78. The first kappa shape index (κ1) is 16.7. The van der Waals surface area contributed by atoms with Crippen LogP contribution in [0.3, 0.4) is 0 Å². The molecule has 0 aliphatic carbocycles. The lowest BCUT2D eigenvalue weighted by Crippen LogP contribution is -1.94. The van der Waals surface area contributed by atoms with E-state index in [4.69, 9.17) is 4.74 Å². The molecule has 0 rings (SSSR count). The Morgan fingerprint density at radius 3 is 2.13 bits per heavy atom. The Bertz CT molecular complexity index is 124. The van der Waals surface area contributed by atoms with Crippen LogP contribution in [0.15, 0.2) is 0 Å². The van der Waals surface area contributed by atoms with Gasteiger partial charge in [-0.2, -0.15) is 0 Å². The molecule has 0 spiro atoms. The fourth-order valence-corrected chi connectivity index (χ4v) is 0.930. The van der Waals surface area contributed by atoms with Crippen LogP contribution in [-0.2, 0) is 14.3 Å². The fraction of sp³-hybridized carbons (Fsp3) is 0.833. The second-order valence-corrected chi connectivity index (χ2v) is 3.26. The molecule has 0 aliphatic heterocycles. The Hall–Kier alpha value is -0.700. The minimum absolute atomic E-state index is 0.244. The third kappa shape index (κ3) is 24.7. The molecule has 0 fully saturated rings. The van der Waals surface area contributed by atoms with Gasteiger partial charge in [-0.1, -0.05) is 33.1 Å². The minimum Gasteiger partial charge on any atom is -0.374 e. The maximum absolute atomic E-state index is 9.77. The Balaban J connectivity index is 0. The molecule has 0 aliphatic rings. The van der Waals surface area contributed by atoms with Crippen LogP contribution in [0.5, 0.6) is 0 Å². The third-order valence-corrected chi connectivity index (χ3v) is 1.71. The van der Waals surface area contributed by atoms with Gasteiger partial charge in [0.15, 0.2) is 0 Å². The second-order valence-electron chi connectivity index (χ2n) is 3.26. The molecule has 0 amide bonds. The van der Waals surface area contributed by atoms with Gasteiger partial charge in [-0.15, -0.1) is 0 Å². The number of unbranched alkanes of at least 4 members (excludes halogenated alkanes) is 4. The lowest BCUT2D eigenvalue weighted by atomic mass is 10.2. The topological polar surface area (TPSA) is 43.4 Å². The quantitative estimate of drug-likeness (QED) is 0.439. The number of carbonyl (C=O) groups excluding carboxylic acids is 2. The molecule has 0 saturated carbocycles. The maximum Gasteiger partial charge on any atom is 0.145 e. The van der Waals surface area contributed by atoms with Crippen molar-refractivity contribution in [2.45, 2.75) is 52.4 Å². The second kappa shape index (κ2) is 19.0. The fourth-order valence-electron chi connectivity index (χ4n) is 0.930. The van der Waals surface area contributed by atoms with Crippen LogP contribution in [-0.4, -0.2) is 25.8 Å². The third-order valence-electron chi connectivity index (χ3n) is 1.71. The van der Waals surface area contributed by atoms with Crippen LogP contribution in [0.4, 0.5) is 0 Å². The van der Waals surface area contributed by atoms with Gasteiger partial charge < -0.3 is 14.3 Å². The van der Waals surface area contributed by atoms with Crippen LogP contribution >= 0.6 is 0 Å². The van der Waals surface area contributed by atoms with Gasteiger partial charge in [0.2, 0.25) is 0 Å². The zero-order valence-corrected chi connectivity index (χ0v) is 10.0. The maximum atomic E-state index is 9.77. The molecular weight excluding hydrogens is 192 g/mol. The number of carbonyl (C=O) groups is 2. The van der Waals surface area contributed by atoms with Crippen molar-refractivity contribution < 1.29 is 14.3 Å². The Morgan fingerprint density at radius 2 is 1.67 bits per heavy atom. The summed E-state index contributed by atoms with van der Waals surface area (Å²) in [5.41, 5.74) is 0. The first-order valence-electron chi connectivity index (χ1n) is 5.78. The van der Waals surface area contributed by atoms with Crippen molar-refractivity contribution in [3.05, 3.63) is 0 Å². The molecule has 3 nitrogen and oxygen atoms in total. The number of hydrogen-bond donors (Lipinski definition) is 0. The van der Waals surface area contributed by atoms with Crippen LogP contribution in [0, 0.1) is 0 Å². The summed E-state index contributed by atoms with van der Waals surface area (Å²) >= 11 is 0. The van der Waals surface area contributed by atoms with Crippen LogP contribution in [0.1, 0.15) is 52.4 Å². The predicted octanol–water partition coefficient (Wildman–Crippen LogP) is 2.77. The van der Waals surface area contributed by atoms with E-state index in [2.05, 4.69) is 6.92 Å². The van der Waals surface area contributed by atoms with Crippen molar-refractivity contribution in [3.8, 4) is 0 Å². The summed E-state index contributed by atoms with van der Waals surface area (Å²) in [6, 6.07) is 0. The largest absolute Gasteiger partial charge is 0.374 e. The highest BCUT2D eigenvalue weighted by molar-refractivity contribution is 5.50. The van der Waals surface area contributed by atoms with Gasteiger partial charge in [-0.05, 0) is 12.8 Å². The molecule has 0 aromatic rings. The van der Waals surface area contributed by atoms with Crippen LogP contribution < -0.4 is 0 Å². The van der Waals surface area contributed by atoms with Crippen molar-refractivity contribution in [2.24, 2.45) is 0 Å². The molecule has 0 aromatic heterocycles. The predicted molar refractivity (Wildman–Crippen MR) is 62.0 cm³/mol. The standard InChI is InChI=1S/C7H14O.C5H10O2/c1-2-3-4-5-6-7-8;1-2-4-7-5-3-6/h7H,2-6H2,1H3;3H,2,4-5H2,1H3. The number of hydrogen-bond acceptors (Lipinski definition) is 3. The van der Waals surface area contributed by atoms with Crippen molar-refractivity contribution in [2.75, 3.05) is 13.2 Å². The Labute approximate surface area is 93.2 Å². The van der Waals surface area contributed by atoms with E-state index in [1.807, 2.05) is 6.92 Å².